The Morgan fingerprint density at radius 3 is 2.48 bits per heavy atom. The molecule has 0 radical (unpaired) electrons. The molecule has 0 aliphatic heterocycles. The molecule has 2 aromatic carbocycles. The summed E-state index contributed by atoms with van der Waals surface area (Å²) >= 11 is 0. The molecule has 3 aromatic rings. The molecule has 9 heteroatoms. The van der Waals surface area contributed by atoms with E-state index in [1.165, 1.54) is 39.4 Å². The van der Waals surface area contributed by atoms with Crippen molar-refractivity contribution >= 4 is 21.6 Å². The van der Waals surface area contributed by atoms with Gasteiger partial charge in [0.25, 0.3) is 5.91 Å². The highest BCUT2D eigenvalue weighted by Crippen LogP contribution is 2.29. The number of carbonyl (C=O) groups excluding carboxylic acids is 1. The Morgan fingerprint density at radius 1 is 1.13 bits per heavy atom. The topological polar surface area (TPSA) is 93.5 Å². The number of anilines is 1. The monoisotopic (exact) mass is 442 g/mol. The fraction of sp³-hybridized carbons (Fsp3) is 0.273. The molecule has 0 unspecified atom stereocenters. The average molecular weight is 443 g/mol. The highest BCUT2D eigenvalue weighted by atomic mass is 32.2. The number of rotatable bonds is 7. The second-order valence-corrected chi connectivity index (χ2v) is 9.54. The predicted octanol–water partition coefficient (Wildman–Crippen LogP) is 3.06. The van der Waals surface area contributed by atoms with Gasteiger partial charge in [-0.05, 0) is 55.8 Å². The number of hydrogen-bond donors (Lipinski definition) is 1. The molecule has 3 rings (SSSR count). The molecular weight excluding hydrogens is 416 g/mol. The molecule has 8 nitrogen and oxygen atoms in total. The number of nitrogens with zero attached hydrogens (tertiary/aromatic N) is 3. The maximum atomic E-state index is 12.9. The zero-order valence-electron chi connectivity index (χ0n) is 18.2. The van der Waals surface area contributed by atoms with E-state index in [1.807, 2.05) is 30.7 Å². The number of nitrogens with one attached hydrogen (secondary N) is 1. The van der Waals surface area contributed by atoms with Gasteiger partial charge < -0.3 is 10.1 Å². The standard InChI is InChI=1S/C22H26N4O4S/c1-15-11-16(2)26(24-15)14-17-7-6-8-18(12-17)22(27)23-20-13-19(9-10-21(20)30-5)31(28,29)25(3)4/h6-13H,14H2,1-5H3,(H,23,27). The minimum absolute atomic E-state index is 0.0619. The summed E-state index contributed by atoms with van der Waals surface area (Å²) in [6, 6.07) is 13.6. The van der Waals surface area contributed by atoms with Crippen LogP contribution in [0.4, 0.5) is 5.69 Å². The number of ether oxygens (including phenoxy) is 1. The molecule has 1 aromatic heterocycles. The molecule has 0 aliphatic carbocycles. The summed E-state index contributed by atoms with van der Waals surface area (Å²) in [5.41, 5.74) is 3.62. The van der Waals surface area contributed by atoms with E-state index in [0.29, 0.717) is 17.9 Å². The van der Waals surface area contributed by atoms with E-state index < -0.39 is 10.0 Å². The molecule has 0 saturated heterocycles. The Morgan fingerprint density at radius 2 is 1.87 bits per heavy atom. The second-order valence-electron chi connectivity index (χ2n) is 7.39. The van der Waals surface area contributed by atoms with Gasteiger partial charge in [-0.25, -0.2) is 12.7 Å². The second kappa shape index (κ2) is 8.91. The Bertz CT molecular complexity index is 1220. The van der Waals surface area contributed by atoms with Crippen LogP contribution in [-0.4, -0.2) is 49.6 Å². The molecular formula is C22H26N4O4S. The van der Waals surface area contributed by atoms with Gasteiger partial charge in [0.05, 0.1) is 29.9 Å². The van der Waals surface area contributed by atoms with Crippen molar-refractivity contribution in [3.05, 3.63) is 71.0 Å². The van der Waals surface area contributed by atoms with E-state index in [1.54, 1.807) is 18.2 Å². The van der Waals surface area contributed by atoms with Gasteiger partial charge in [-0.3, -0.25) is 9.48 Å². The van der Waals surface area contributed by atoms with Gasteiger partial charge in [0.2, 0.25) is 10.0 Å². The van der Waals surface area contributed by atoms with Gasteiger partial charge in [-0.2, -0.15) is 5.10 Å². The quantitative estimate of drug-likeness (QED) is 0.607. The highest BCUT2D eigenvalue weighted by Gasteiger charge is 2.20. The minimum Gasteiger partial charge on any atom is -0.495 e. The summed E-state index contributed by atoms with van der Waals surface area (Å²) in [6.45, 7) is 4.46. The predicted molar refractivity (Wildman–Crippen MR) is 119 cm³/mol. The van der Waals surface area contributed by atoms with Crippen molar-refractivity contribution < 1.29 is 17.9 Å². The van der Waals surface area contributed by atoms with Gasteiger partial charge in [0, 0.05) is 25.4 Å². The number of carbonyl (C=O) groups is 1. The molecule has 1 N–H and O–H groups in total. The molecule has 164 valence electrons. The van der Waals surface area contributed by atoms with Crippen LogP contribution >= 0.6 is 0 Å². The summed E-state index contributed by atoms with van der Waals surface area (Å²) < 4.78 is 33.2. The molecule has 0 spiro atoms. The van der Waals surface area contributed by atoms with E-state index in [9.17, 15) is 13.2 Å². The summed E-state index contributed by atoms with van der Waals surface area (Å²) in [4.78, 5) is 13.0. The number of hydrogen-bond acceptors (Lipinski definition) is 5. The van der Waals surface area contributed by atoms with Crippen LogP contribution < -0.4 is 10.1 Å². The van der Waals surface area contributed by atoms with Crippen molar-refractivity contribution in [3.8, 4) is 5.75 Å². The third kappa shape index (κ3) is 4.95. The van der Waals surface area contributed by atoms with Crippen molar-refractivity contribution in [3.63, 3.8) is 0 Å². The number of sulfonamides is 1. The van der Waals surface area contributed by atoms with Gasteiger partial charge in [0.1, 0.15) is 5.75 Å². The number of aromatic nitrogens is 2. The van der Waals surface area contributed by atoms with Crippen molar-refractivity contribution in [2.45, 2.75) is 25.3 Å². The lowest BCUT2D eigenvalue weighted by molar-refractivity contribution is 0.102. The van der Waals surface area contributed by atoms with Gasteiger partial charge in [-0.15, -0.1) is 0 Å². The van der Waals surface area contributed by atoms with Crippen LogP contribution in [0.3, 0.4) is 0 Å². The zero-order valence-corrected chi connectivity index (χ0v) is 19.0. The number of amides is 1. The van der Waals surface area contributed by atoms with Gasteiger partial charge in [0.15, 0.2) is 0 Å². The Labute approximate surface area is 182 Å². The Hall–Kier alpha value is -3.17. The van der Waals surface area contributed by atoms with E-state index in [-0.39, 0.29) is 16.5 Å². The van der Waals surface area contributed by atoms with Gasteiger partial charge in [-0.1, -0.05) is 12.1 Å². The zero-order chi connectivity index (χ0) is 22.8. The average Bonchev–Trinajstić information content (AvgIpc) is 3.04. The van der Waals surface area contributed by atoms with Crippen molar-refractivity contribution in [1.29, 1.82) is 0 Å². The number of benzene rings is 2. The van der Waals surface area contributed by atoms with E-state index >= 15 is 0 Å². The van der Waals surface area contributed by atoms with Crippen molar-refractivity contribution in [2.24, 2.45) is 0 Å². The highest BCUT2D eigenvalue weighted by molar-refractivity contribution is 7.89. The first-order chi connectivity index (χ1) is 14.6. The molecule has 31 heavy (non-hydrogen) atoms. The molecule has 0 fully saturated rings. The van der Waals surface area contributed by atoms with E-state index in [2.05, 4.69) is 10.4 Å². The first kappa shape index (κ1) is 22.5. The fourth-order valence-electron chi connectivity index (χ4n) is 3.17. The summed E-state index contributed by atoms with van der Waals surface area (Å²) in [6.07, 6.45) is 0. The lowest BCUT2D eigenvalue weighted by Gasteiger charge is -2.15. The number of methoxy groups -OCH3 is 1. The van der Waals surface area contributed by atoms with Crippen LogP contribution in [0, 0.1) is 13.8 Å². The first-order valence-electron chi connectivity index (χ1n) is 9.63. The molecule has 0 aliphatic rings. The Balaban J connectivity index is 1.87. The minimum atomic E-state index is -3.65. The van der Waals surface area contributed by atoms with Crippen molar-refractivity contribution in [2.75, 3.05) is 26.5 Å². The van der Waals surface area contributed by atoms with E-state index in [4.69, 9.17) is 4.74 Å². The lowest BCUT2D eigenvalue weighted by atomic mass is 10.1. The largest absolute Gasteiger partial charge is 0.495 e. The van der Waals surface area contributed by atoms with Crippen molar-refractivity contribution in [1.82, 2.24) is 14.1 Å². The third-order valence-electron chi connectivity index (χ3n) is 4.82. The molecule has 0 atom stereocenters. The lowest BCUT2D eigenvalue weighted by Crippen LogP contribution is -2.22. The summed E-state index contributed by atoms with van der Waals surface area (Å²) in [7, 11) is 0.708. The first-order valence-corrected chi connectivity index (χ1v) is 11.1. The third-order valence-corrected chi connectivity index (χ3v) is 6.63. The van der Waals surface area contributed by atoms with E-state index in [0.717, 1.165) is 21.3 Å². The van der Waals surface area contributed by atoms with Crippen LogP contribution in [-0.2, 0) is 16.6 Å². The maximum Gasteiger partial charge on any atom is 0.255 e. The molecule has 1 heterocycles. The van der Waals surface area contributed by atoms with Gasteiger partial charge >= 0.3 is 0 Å². The van der Waals surface area contributed by atoms with Crippen LogP contribution in [0.2, 0.25) is 0 Å². The SMILES string of the molecule is COc1ccc(S(=O)(=O)N(C)C)cc1NC(=O)c1cccc(Cn2nc(C)cc2C)c1. The smallest absolute Gasteiger partial charge is 0.255 e. The number of aryl methyl sites for hydroxylation is 2. The molecule has 1 amide bonds. The normalized spacial score (nSPS) is 11.5. The summed E-state index contributed by atoms with van der Waals surface area (Å²) in [5.74, 6) is -0.00206. The molecule has 0 bridgehead atoms. The van der Waals surface area contributed by atoms with Crippen LogP contribution in [0.25, 0.3) is 0 Å². The summed E-state index contributed by atoms with van der Waals surface area (Å²) in [5, 5.41) is 7.22. The van der Waals surface area contributed by atoms with Crippen LogP contribution in [0.5, 0.6) is 5.75 Å². The Kier molecular flexibility index (Phi) is 6.47. The van der Waals surface area contributed by atoms with Crippen LogP contribution in [0.1, 0.15) is 27.3 Å². The van der Waals surface area contributed by atoms with Crippen LogP contribution in [0.15, 0.2) is 53.4 Å². The fourth-order valence-corrected chi connectivity index (χ4v) is 4.10. The maximum absolute atomic E-state index is 12.9. The molecule has 0 saturated carbocycles.